The highest BCUT2D eigenvalue weighted by molar-refractivity contribution is 7.80. The molecule has 0 fully saturated rings. The van der Waals surface area contributed by atoms with Crippen LogP contribution in [-0.4, -0.2) is 28.9 Å². The van der Waals surface area contributed by atoms with Gasteiger partial charge in [-0.15, -0.1) is 0 Å². The van der Waals surface area contributed by atoms with Gasteiger partial charge < -0.3 is 10.4 Å². The van der Waals surface area contributed by atoms with Crippen LogP contribution >= 0.6 is 12.2 Å². The fourth-order valence-corrected chi connectivity index (χ4v) is 0.543. The van der Waals surface area contributed by atoms with E-state index in [-0.39, 0.29) is 0 Å². The van der Waals surface area contributed by atoms with Crippen molar-refractivity contribution >= 4 is 29.5 Å². The Morgan fingerprint density at radius 2 is 2.45 bits per heavy atom. The first kappa shape index (κ1) is 9.83. The second kappa shape index (κ2) is 5.60. The number of rotatable bonds is 3. The predicted octanol–water partition coefficient (Wildman–Crippen LogP) is -0.459. The molecule has 0 spiro atoms. The molecule has 0 bridgehead atoms. The van der Waals surface area contributed by atoms with Crippen molar-refractivity contribution in [3.63, 3.8) is 0 Å². The van der Waals surface area contributed by atoms with E-state index in [9.17, 15) is 4.79 Å². The SMILES string of the molecule is CCNC(=S)N/N=C\C(=O)O. The molecular formula is C5H9N3O2S. The van der Waals surface area contributed by atoms with Crippen molar-refractivity contribution in [1.82, 2.24) is 10.7 Å². The number of carboxylic acid groups (broad SMARTS) is 1. The molecule has 62 valence electrons. The van der Waals surface area contributed by atoms with Crippen LogP contribution in [0.5, 0.6) is 0 Å². The Morgan fingerprint density at radius 1 is 1.82 bits per heavy atom. The lowest BCUT2D eigenvalue weighted by Crippen LogP contribution is -2.31. The third kappa shape index (κ3) is 6.72. The fraction of sp³-hybridized carbons (Fsp3) is 0.400. The van der Waals surface area contributed by atoms with E-state index in [1.54, 1.807) is 0 Å². The molecular weight excluding hydrogens is 166 g/mol. The van der Waals surface area contributed by atoms with Crippen molar-refractivity contribution in [2.24, 2.45) is 5.10 Å². The molecule has 0 amide bonds. The minimum Gasteiger partial charge on any atom is -0.477 e. The van der Waals surface area contributed by atoms with Gasteiger partial charge in [-0.25, -0.2) is 4.79 Å². The molecule has 0 aliphatic heterocycles. The number of carboxylic acids is 1. The van der Waals surface area contributed by atoms with E-state index >= 15 is 0 Å². The molecule has 5 nitrogen and oxygen atoms in total. The van der Waals surface area contributed by atoms with Gasteiger partial charge in [-0.05, 0) is 19.1 Å². The third-order valence-corrected chi connectivity index (χ3v) is 0.914. The number of nitrogens with one attached hydrogen (secondary N) is 2. The van der Waals surface area contributed by atoms with Gasteiger partial charge in [0, 0.05) is 6.54 Å². The number of carbonyl (C=O) groups is 1. The Bertz CT molecular complexity index is 181. The first-order valence-corrected chi connectivity index (χ1v) is 3.37. The topological polar surface area (TPSA) is 73.7 Å². The van der Waals surface area contributed by atoms with Gasteiger partial charge in [0.05, 0.1) is 0 Å². The smallest absolute Gasteiger partial charge is 0.348 e. The summed E-state index contributed by atoms with van der Waals surface area (Å²) in [6, 6.07) is 0. The maximum absolute atomic E-state index is 9.89. The molecule has 0 atom stereocenters. The number of thiocarbonyl (C=S) groups is 1. The summed E-state index contributed by atoms with van der Waals surface area (Å²) in [5.74, 6) is -1.11. The lowest BCUT2D eigenvalue weighted by molar-refractivity contribution is -0.128. The Labute approximate surface area is 69.5 Å². The van der Waals surface area contributed by atoms with Crippen molar-refractivity contribution < 1.29 is 9.90 Å². The van der Waals surface area contributed by atoms with Crippen molar-refractivity contribution in [2.45, 2.75) is 6.92 Å². The Morgan fingerprint density at radius 3 is 2.91 bits per heavy atom. The third-order valence-electron chi connectivity index (χ3n) is 0.678. The van der Waals surface area contributed by atoms with E-state index in [0.717, 1.165) is 6.21 Å². The van der Waals surface area contributed by atoms with E-state index in [0.29, 0.717) is 11.7 Å². The van der Waals surface area contributed by atoms with Gasteiger partial charge in [-0.3, -0.25) is 5.43 Å². The maximum Gasteiger partial charge on any atom is 0.348 e. The molecule has 0 aliphatic carbocycles. The minimum atomic E-state index is -1.11. The van der Waals surface area contributed by atoms with Gasteiger partial charge in [-0.2, -0.15) is 5.10 Å². The van der Waals surface area contributed by atoms with Crippen LogP contribution in [0.1, 0.15) is 6.92 Å². The summed E-state index contributed by atoms with van der Waals surface area (Å²) in [7, 11) is 0. The van der Waals surface area contributed by atoms with Crippen LogP contribution in [0.4, 0.5) is 0 Å². The summed E-state index contributed by atoms with van der Waals surface area (Å²) in [6.07, 6.45) is 0.726. The van der Waals surface area contributed by atoms with Gasteiger partial charge >= 0.3 is 5.97 Å². The molecule has 3 N–H and O–H groups in total. The van der Waals surface area contributed by atoms with Crippen LogP contribution in [0.25, 0.3) is 0 Å². The van der Waals surface area contributed by atoms with Crippen LogP contribution < -0.4 is 10.7 Å². The monoisotopic (exact) mass is 175 g/mol. The van der Waals surface area contributed by atoms with Crippen LogP contribution in [-0.2, 0) is 4.79 Å². The number of hydrogen-bond donors (Lipinski definition) is 3. The van der Waals surface area contributed by atoms with Crippen LogP contribution in [0, 0.1) is 0 Å². The fourth-order valence-electron chi connectivity index (χ4n) is 0.346. The predicted molar refractivity (Wildman–Crippen MR) is 45.5 cm³/mol. The van der Waals surface area contributed by atoms with Gasteiger partial charge in [0.1, 0.15) is 6.21 Å². The molecule has 0 aromatic heterocycles. The molecule has 0 radical (unpaired) electrons. The zero-order valence-corrected chi connectivity index (χ0v) is 6.81. The highest BCUT2D eigenvalue weighted by atomic mass is 32.1. The first-order chi connectivity index (χ1) is 5.16. The van der Waals surface area contributed by atoms with Crippen molar-refractivity contribution in [1.29, 1.82) is 0 Å². The van der Waals surface area contributed by atoms with Crippen molar-refractivity contribution in [2.75, 3.05) is 6.54 Å². The summed E-state index contributed by atoms with van der Waals surface area (Å²) in [5, 5.41) is 14.5. The molecule has 0 heterocycles. The van der Waals surface area contributed by atoms with Gasteiger partial charge in [0.15, 0.2) is 5.11 Å². The van der Waals surface area contributed by atoms with Crippen LogP contribution in [0.2, 0.25) is 0 Å². The molecule has 0 aliphatic rings. The van der Waals surface area contributed by atoms with E-state index < -0.39 is 5.97 Å². The molecule has 11 heavy (non-hydrogen) atoms. The van der Waals surface area contributed by atoms with E-state index in [1.165, 1.54) is 0 Å². The van der Waals surface area contributed by atoms with E-state index in [1.807, 2.05) is 6.92 Å². The second-order valence-corrected chi connectivity index (χ2v) is 1.98. The van der Waals surface area contributed by atoms with Gasteiger partial charge in [0.25, 0.3) is 0 Å². The van der Waals surface area contributed by atoms with E-state index in [2.05, 4.69) is 28.1 Å². The first-order valence-electron chi connectivity index (χ1n) is 2.96. The van der Waals surface area contributed by atoms with Crippen molar-refractivity contribution in [3.05, 3.63) is 0 Å². The largest absolute Gasteiger partial charge is 0.477 e. The van der Waals surface area contributed by atoms with E-state index in [4.69, 9.17) is 5.11 Å². The Kier molecular flexibility index (Phi) is 5.01. The average molecular weight is 175 g/mol. The highest BCUT2D eigenvalue weighted by Gasteiger charge is 1.89. The zero-order chi connectivity index (χ0) is 8.69. The zero-order valence-electron chi connectivity index (χ0n) is 6.00. The summed E-state index contributed by atoms with van der Waals surface area (Å²) >= 11 is 4.68. The molecule has 0 aromatic carbocycles. The summed E-state index contributed by atoms with van der Waals surface area (Å²) in [4.78, 5) is 9.89. The van der Waals surface area contributed by atoms with Crippen LogP contribution in [0.3, 0.4) is 0 Å². The Hall–Kier alpha value is -1.17. The molecule has 6 heteroatoms. The molecule has 0 aromatic rings. The lowest BCUT2D eigenvalue weighted by Gasteiger charge is -2.01. The summed E-state index contributed by atoms with van der Waals surface area (Å²) in [5.41, 5.74) is 2.32. The normalized spacial score (nSPS) is 9.55. The molecule has 0 saturated heterocycles. The van der Waals surface area contributed by atoms with Gasteiger partial charge in [0.2, 0.25) is 0 Å². The standard InChI is InChI=1S/C5H9N3O2S/c1-2-6-5(11)8-7-3-4(9)10/h3H,2H2,1H3,(H,9,10)(H2,6,8,11)/b7-3-. The average Bonchev–Trinajstić information content (AvgIpc) is 1.87. The lowest BCUT2D eigenvalue weighted by atomic mass is 10.7. The summed E-state index contributed by atoms with van der Waals surface area (Å²) in [6.45, 7) is 2.54. The number of hydrazone groups is 1. The molecule has 0 rings (SSSR count). The number of hydrogen-bond acceptors (Lipinski definition) is 3. The van der Waals surface area contributed by atoms with Gasteiger partial charge in [-0.1, -0.05) is 0 Å². The van der Waals surface area contributed by atoms with Crippen molar-refractivity contribution in [3.8, 4) is 0 Å². The van der Waals surface area contributed by atoms with Crippen LogP contribution in [0.15, 0.2) is 5.10 Å². The number of nitrogens with zero attached hydrogens (tertiary/aromatic N) is 1. The summed E-state index contributed by atoms with van der Waals surface area (Å²) < 4.78 is 0. The molecule has 0 unspecified atom stereocenters. The second-order valence-electron chi connectivity index (χ2n) is 1.57. The molecule has 0 saturated carbocycles. The minimum absolute atomic E-state index is 0.310. The quantitative estimate of drug-likeness (QED) is 0.307. The highest BCUT2D eigenvalue weighted by Crippen LogP contribution is 1.65. The maximum atomic E-state index is 9.89. The Balaban J connectivity index is 3.53. The number of aliphatic carboxylic acids is 1.